The van der Waals surface area contributed by atoms with Crippen LogP contribution >= 0.6 is 0 Å². The summed E-state index contributed by atoms with van der Waals surface area (Å²) in [7, 11) is 0. The number of nitrogens with zero attached hydrogens (tertiary/aromatic N) is 1. The van der Waals surface area contributed by atoms with E-state index in [4.69, 9.17) is 9.72 Å². The van der Waals surface area contributed by atoms with E-state index < -0.39 is 0 Å². The van der Waals surface area contributed by atoms with Crippen LogP contribution in [-0.2, 0) is 4.74 Å². The van der Waals surface area contributed by atoms with Gasteiger partial charge >= 0.3 is 0 Å². The molecule has 1 N–H and O–H groups in total. The molecule has 2 aliphatic heterocycles. The van der Waals surface area contributed by atoms with Gasteiger partial charge < -0.3 is 10.1 Å². The summed E-state index contributed by atoms with van der Waals surface area (Å²) in [6.07, 6.45) is 3.59. The molecule has 0 spiro atoms. The monoisotopic (exact) mass is 274 g/mol. The van der Waals surface area contributed by atoms with Crippen LogP contribution in [0.25, 0.3) is 0 Å². The maximum atomic E-state index is 5.59. The summed E-state index contributed by atoms with van der Waals surface area (Å²) in [5.41, 5.74) is 4.06. The average Bonchev–Trinajstić information content (AvgIpc) is 3.01. The molecule has 0 radical (unpaired) electrons. The van der Waals surface area contributed by atoms with Crippen LogP contribution in [-0.4, -0.2) is 31.3 Å². The first-order valence-corrected chi connectivity index (χ1v) is 8.05. The van der Waals surface area contributed by atoms with Gasteiger partial charge in [0.1, 0.15) is 0 Å². The van der Waals surface area contributed by atoms with Gasteiger partial charge in [0, 0.05) is 29.8 Å². The minimum Gasteiger partial charge on any atom is -0.381 e. The van der Waals surface area contributed by atoms with Gasteiger partial charge in [-0.3, -0.25) is 4.98 Å². The van der Waals surface area contributed by atoms with Gasteiger partial charge in [-0.25, -0.2) is 0 Å². The summed E-state index contributed by atoms with van der Waals surface area (Å²) in [6.45, 7) is 8.49. The van der Waals surface area contributed by atoms with Crippen molar-refractivity contribution in [1.29, 1.82) is 0 Å². The molecule has 3 nitrogen and oxygen atoms in total. The van der Waals surface area contributed by atoms with Crippen LogP contribution in [0.15, 0.2) is 12.1 Å². The molecule has 1 atom stereocenters. The number of pyridine rings is 1. The summed E-state index contributed by atoms with van der Waals surface area (Å²) in [6, 6.07) is 4.56. The third kappa shape index (κ3) is 2.89. The minimum absolute atomic E-state index is 0.504. The van der Waals surface area contributed by atoms with Crippen molar-refractivity contribution in [3.8, 4) is 0 Å². The Morgan fingerprint density at radius 1 is 1.15 bits per heavy atom. The van der Waals surface area contributed by atoms with Crippen molar-refractivity contribution in [2.45, 2.75) is 50.9 Å². The van der Waals surface area contributed by atoms with Crippen molar-refractivity contribution < 1.29 is 4.74 Å². The fourth-order valence-electron chi connectivity index (χ4n) is 3.37. The van der Waals surface area contributed by atoms with E-state index in [0.29, 0.717) is 17.8 Å². The quantitative estimate of drug-likeness (QED) is 0.919. The number of hydrogen-bond acceptors (Lipinski definition) is 3. The van der Waals surface area contributed by atoms with E-state index >= 15 is 0 Å². The van der Waals surface area contributed by atoms with Gasteiger partial charge in [0.2, 0.25) is 0 Å². The molecule has 0 saturated carbocycles. The fourth-order valence-corrected chi connectivity index (χ4v) is 3.37. The van der Waals surface area contributed by atoms with Crippen molar-refractivity contribution in [3.05, 3.63) is 29.1 Å². The number of piperidine rings is 1. The number of nitrogens with one attached hydrogen (secondary N) is 1. The molecular weight excluding hydrogens is 248 g/mol. The van der Waals surface area contributed by atoms with Gasteiger partial charge in [-0.15, -0.1) is 0 Å². The molecule has 20 heavy (non-hydrogen) atoms. The first kappa shape index (κ1) is 14.0. The molecule has 3 heteroatoms. The van der Waals surface area contributed by atoms with Crippen LogP contribution in [0.5, 0.6) is 0 Å². The third-order valence-electron chi connectivity index (χ3n) is 4.67. The number of aromatic nitrogens is 1. The normalized spacial score (nSPS) is 24.4. The molecule has 3 heterocycles. The van der Waals surface area contributed by atoms with Gasteiger partial charge in [-0.1, -0.05) is 19.9 Å². The Bertz CT molecular complexity index is 446. The van der Waals surface area contributed by atoms with E-state index in [0.717, 1.165) is 32.7 Å². The Kier molecular flexibility index (Phi) is 4.37. The highest BCUT2D eigenvalue weighted by Crippen LogP contribution is 2.35. The van der Waals surface area contributed by atoms with Gasteiger partial charge in [0.05, 0.1) is 6.61 Å². The standard InChI is InChI=1S/C17H26N2O/c1-12(2)16-4-3-15(14-7-10-20-11-14)17(19-16)13-5-8-18-9-6-13/h3-4,12-14,18H,5-11H2,1-2H3/t14-/m1/s1. The van der Waals surface area contributed by atoms with Gasteiger partial charge in [0.25, 0.3) is 0 Å². The van der Waals surface area contributed by atoms with Crippen LogP contribution in [0.2, 0.25) is 0 Å². The Morgan fingerprint density at radius 3 is 2.60 bits per heavy atom. The predicted molar refractivity (Wildman–Crippen MR) is 81.3 cm³/mol. The smallest absolute Gasteiger partial charge is 0.0536 e. The van der Waals surface area contributed by atoms with E-state index in [-0.39, 0.29) is 0 Å². The van der Waals surface area contributed by atoms with Crippen molar-refractivity contribution in [2.75, 3.05) is 26.3 Å². The summed E-state index contributed by atoms with van der Waals surface area (Å²) in [5, 5.41) is 3.46. The first-order chi connectivity index (χ1) is 9.75. The third-order valence-corrected chi connectivity index (χ3v) is 4.67. The summed E-state index contributed by atoms with van der Waals surface area (Å²) < 4.78 is 5.59. The number of hydrogen-bond donors (Lipinski definition) is 1. The second-order valence-electron chi connectivity index (χ2n) is 6.45. The van der Waals surface area contributed by atoms with Gasteiger partial charge in [-0.2, -0.15) is 0 Å². The average molecular weight is 274 g/mol. The Morgan fingerprint density at radius 2 is 1.95 bits per heavy atom. The van der Waals surface area contributed by atoms with Crippen LogP contribution < -0.4 is 5.32 Å². The lowest BCUT2D eigenvalue weighted by Gasteiger charge is -2.26. The zero-order valence-electron chi connectivity index (χ0n) is 12.7. The van der Waals surface area contributed by atoms with E-state index in [1.54, 1.807) is 0 Å². The lowest BCUT2D eigenvalue weighted by molar-refractivity contribution is 0.193. The van der Waals surface area contributed by atoms with E-state index in [9.17, 15) is 0 Å². The van der Waals surface area contributed by atoms with Crippen LogP contribution in [0.3, 0.4) is 0 Å². The highest BCUT2D eigenvalue weighted by atomic mass is 16.5. The molecule has 0 unspecified atom stereocenters. The van der Waals surface area contributed by atoms with Crippen molar-refractivity contribution in [2.24, 2.45) is 0 Å². The zero-order valence-corrected chi connectivity index (χ0v) is 12.7. The molecule has 3 rings (SSSR count). The van der Waals surface area contributed by atoms with Gasteiger partial charge in [-0.05, 0) is 49.9 Å². The Hall–Kier alpha value is -0.930. The summed E-state index contributed by atoms with van der Waals surface area (Å²) in [4.78, 5) is 5.06. The molecule has 1 aromatic heterocycles. The minimum atomic E-state index is 0.504. The van der Waals surface area contributed by atoms with Crippen molar-refractivity contribution >= 4 is 0 Å². The first-order valence-electron chi connectivity index (χ1n) is 8.05. The van der Waals surface area contributed by atoms with Crippen molar-refractivity contribution in [1.82, 2.24) is 10.3 Å². The van der Waals surface area contributed by atoms with Crippen LogP contribution in [0.1, 0.15) is 67.8 Å². The fraction of sp³-hybridized carbons (Fsp3) is 0.706. The van der Waals surface area contributed by atoms with E-state index in [2.05, 4.69) is 31.3 Å². The maximum absolute atomic E-state index is 5.59. The maximum Gasteiger partial charge on any atom is 0.0536 e. The molecule has 0 amide bonds. The second-order valence-corrected chi connectivity index (χ2v) is 6.45. The predicted octanol–water partition coefficient (Wildman–Crippen LogP) is 3.18. The topological polar surface area (TPSA) is 34.1 Å². The van der Waals surface area contributed by atoms with E-state index in [1.807, 2.05) is 0 Å². The highest BCUT2D eigenvalue weighted by Gasteiger charge is 2.26. The van der Waals surface area contributed by atoms with Crippen molar-refractivity contribution in [3.63, 3.8) is 0 Å². The van der Waals surface area contributed by atoms with E-state index in [1.165, 1.54) is 29.8 Å². The lowest BCUT2D eigenvalue weighted by Crippen LogP contribution is -2.28. The molecule has 1 aromatic rings. The lowest BCUT2D eigenvalue weighted by atomic mass is 9.85. The second kappa shape index (κ2) is 6.23. The molecule has 2 fully saturated rings. The molecule has 0 bridgehead atoms. The van der Waals surface area contributed by atoms with Gasteiger partial charge in [0.15, 0.2) is 0 Å². The molecule has 0 aromatic carbocycles. The Balaban J connectivity index is 1.94. The number of ether oxygens (including phenoxy) is 1. The number of rotatable bonds is 3. The molecule has 2 aliphatic rings. The van der Waals surface area contributed by atoms with Crippen LogP contribution in [0.4, 0.5) is 0 Å². The molecular formula is C17H26N2O. The largest absolute Gasteiger partial charge is 0.381 e. The highest BCUT2D eigenvalue weighted by molar-refractivity contribution is 5.31. The van der Waals surface area contributed by atoms with Crippen LogP contribution in [0, 0.1) is 0 Å². The Labute approximate surface area is 122 Å². The summed E-state index contributed by atoms with van der Waals surface area (Å²) in [5.74, 6) is 1.70. The molecule has 0 aliphatic carbocycles. The molecule has 110 valence electrons. The summed E-state index contributed by atoms with van der Waals surface area (Å²) >= 11 is 0. The molecule has 2 saturated heterocycles. The SMILES string of the molecule is CC(C)c1ccc([C@@H]2CCOC2)c(C2CCNCC2)n1. The zero-order chi connectivity index (χ0) is 13.9.